The second-order valence-electron chi connectivity index (χ2n) is 5.26. The summed E-state index contributed by atoms with van der Waals surface area (Å²) in [7, 11) is 0. The van der Waals surface area contributed by atoms with E-state index in [0.29, 0.717) is 0 Å². The number of ether oxygens (including phenoxy) is 1. The minimum atomic E-state index is 0.724. The lowest BCUT2D eigenvalue weighted by molar-refractivity contribution is 0.326. The van der Waals surface area contributed by atoms with Crippen molar-refractivity contribution >= 4 is 10.8 Å². The Labute approximate surface area is 123 Å². The minimum absolute atomic E-state index is 0.724. The standard InChI is InChI=1S/C18H16N2O/c1-2-4-16-14(3-1)10-20-12-17(16)13-5-6-18-15(9-13)11-19-7-8-21-18/h1-6,9-10,12,19H,7-8,11H2. The maximum Gasteiger partial charge on any atom is 0.123 e. The van der Waals surface area contributed by atoms with Gasteiger partial charge in [-0.05, 0) is 23.1 Å². The summed E-state index contributed by atoms with van der Waals surface area (Å²) in [4.78, 5) is 4.37. The van der Waals surface area contributed by atoms with E-state index in [0.717, 1.165) is 25.4 Å². The van der Waals surface area contributed by atoms with Crippen molar-refractivity contribution in [2.24, 2.45) is 0 Å². The molecule has 3 heteroatoms. The van der Waals surface area contributed by atoms with Gasteiger partial charge in [-0.1, -0.05) is 30.3 Å². The number of pyridine rings is 1. The van der Waals surface area contributed by atoms with Gasteiger partial charge in [0.25, 0.3) is 0 Å². The zero-order chi connectivity index (χ0) is 14.1. The Morgan fingerprint density at radius 1 is 1.05 bits per heavy atom. The third kappa shape index (κ3) is 2.26. The Morgan fingerprint density at radius 2 is 2.00 bits per heavy atom. The van der Waals surface area contributed by atoms with Crippen molar-refractivity contribution in [3.8, 4) is 16.9 Å². The number of aromatic nitrogens is 1. The van der Waals surface area contributed by atoms with Crippen LogP contribution in [-0.2, 0) is 6.54 Å². The van der Waals surface area contributed by atoms with Crippen LogP contribution in [0.4, 0.5) is 0 Å². The third-order valence-electron chi connectivity index (χ3n) is 3.89. The molecule has 0 unspecified atom stereocenters. The summed E-state index contributed by atoms with van der Waals surface area (Å²) in [5.74, 6) is 0.983. The Hall–Kier alpha value is -2.39. The van der Waals surface area contributed by atoms with E-state index in [2.05, 4.69) is 46.7 Å². The number of hydrogen-bond acceptors (Lipinski definition) is 3. The van der Waals surface area contributed by atoms with E-state index in [9.17, 15) is 0 Å². The predicted octanol–water partition coefficient (Wildman–Crippen LogP) is 3.38. The lowest BCUT2D eigenvalue weighted by Gasteiger charge is -2.11. The molecule has 1 aliphatic heterocycles. The SMILES string of the molecule is c1ccc2c(-c3ccc4c(c3)CNCCO4)cncc2c1. The van der Waals surface area contributed by atoms with E-state index in [1.165, 1.54) is 27.5 Å². The average molecular weight is 276 g/mol. The highest BCUT2D eigenvalue weighted by molar-refractivity contribution is 5.95. The van der Waals surface area contributed by atoms with Crippen molar-refractivity contribution in [3.05, 3.63) is 60.4 Å². The van der Waals surface area contributed by atoms with Gasteiger partial charge in [-0.25, -0.2) is 0 Å². The van der Waals surface area contributed by atoms with Gasteiger partial charge in [-0.2, -0.15) is 0 Å². The first-order valence-electron chi connectivity index (χ1n) is 7.21. The van der Waals surface area contributed by atoms with Crippen LogP contribution < -0.4 is 10.1 Å². The average Bonchev–Trinajstić information content (AvgIpc) is 2.79. The zero-order valence-corrected chi connectivity index (χ0v) is 11.7. The fourth-order valence-electron chi connectivity index (χ4n) is 2.83. The monoisotopic (exact) mass is 276 g/mol. The normalized spacial score (nSPS) is 14.3. The Kier molecular flexibility index (Phi) is 3.05. The maximum absolute atomic E-state index is 5.75. The van der Waals surface area contributed by atoms with Crippen LogP contribution in [0.5, 0.6) is 5.75 Å². The van der Waals surface area contributed by atoms with E-state index in [1.54, 1.807) is 0 Å². The molecule has 104 valence electrons. The van der Waals surface area contributed by atoms with Crippen LogP contribution in [0.1, 0.15) is 5.56 Å². The molecule has 1 N–H and O–H groups in total. The van der Waals surface area contributed by atoms with E-state index in [4.69, 9.17) is 4.74 Å². The zero-order valence-electron chi connectivity index (χ0n) is 11.7. The molecule has 0 saturated heterocycles. The molecule has 4 rings (SSSR count). The van der Waals surface area contributed by atoms with Gasteiger partial charge >= 0.3 is 0 Å². The van der Waals surface area contributed by atoms with E-state index in [1.807, 2.05) is 18.5 Å². The summed E-state index contributed by atoms with van der Waals surface area (Å²) in [5.41, 5.74) is 3.56. The summed E-state index contributed by atoms with van der Waals surface area (Å²) >= 11 is 0. The van der Waals surface area contributed by atoms with E-state index >= 15 is 0 Å². The quantitative estimate of drug-likeness (QED) is 0.740. The van der Waals surface area contributed by atoms with Crippen LogP contribution in [0.2, 0.25) is 0 Å². The van der Waals surface area contributed by atoms with Crippen LogP contribution in [0, 0.1) is 0 Å². The first-order chi connectivity index (χ1) is 10.4. The fraction of sp³-hybridized carbons (Fsp3) is 0.167. The first kappa shape index (κ1) is 12.4. The summed E-state index contributed by atoms with van der Waals surface area (Å²) in [6.07, 6.45) is 3.85. The molecule has 0 saturated carbocycles. The molecule has 21 heavy (non-hydrogen) atoms. The van der Waals surface area contributed by atoms with Crippen molar-refractivity contribution in [1.29, 1.82) is 0 Å². The predicted molar refractivity (Wildman–Crippen MR) is 84.4 cm³/mol. The molecule has 0 fully saturated rings. The van der Waals surface area contributed by atoms with Gasteiger partial charge in [0.2, 0.25) is 0 Å². The molecule has 0 radical (unpaired) electrons. The van der Waals surface area contributed by atoms with Crippen molar-refractivity contribution in [1.82, 2.24) is 10.3 Å². The molecule has 1 aromatic heterocycles. The summed E-state index contributed by atoms with van der Waals surface area (Å²) in [6.45, 7) is 2.46. The lowest BCUT2D eigenvalue weighted by Crippen LogP contribution is -2.16. The first-order valence-corrected chi connectivity index (χ1v) is 7.21. The summed E-state index contributed by atoms with van der Waals surface area (Å²) < 4.78 is 5.75. The Bertz CT molecular complexity index is 793. The Balaban J connectivity index is 1.87. The molecule has 0 aliphatic carbocycles. The molecule has 3 nitrogen and oxygen atoms in total. The van der Waals surface area contributed by atoms with Crippen molar-refractivity contribution in [2.45, 2.75) is 6.54 Å². The van der Waals surface area contributed by atoms with Gasteiger partial charge in [-0.15, -0.1) is 0 Å². The summed E-state index contributed by atoms with van der Waals surface area (Å²) in [5, 5.41) is 5.78. The second kappa shape index (κ2) is 5.19. The van der Waals surface area contributed by atoms with Crippen molar-refractivity contribution < 1.29 is 4.74 Å². The fourth-order valence-corrected chi connectivity index (χ4v) is 2.83. The number of hydrogen-bond donors (Lipinski definition) is 1. The number of benzene rings is 2. The molecule has 0 atom stereocenters. The number of rotatable bonds is 1. The minimum Gasteiger partial charge on any atom is -0.492 e. The smallest absolute Gasteiger partial charge is 0.123 e. The number of fused-ring (bicyclic) bond motifs is 2. The third-order valence-corrected chi connectivity index (χ3v) is 3.89. The van der Waals surface area contributed by atoms with Crippen LogP contribution in [0.25, 0.3) is 21.9 Å². The number of nitrogens with one attached hydrogen (secondary N) is 1. The van der Waals surface area contributed by atoms with Gasteiger partial charge in [0.1, 0.15) is 12.4 Å². The molecular weight excluding hydrogens is 260 g/mol. The highest BCUT2D eigenvalue weighted by atomic mass is 16.5. The van der Waals surface area contributed by atoms with E-state index in [-0.39, 0.29) is 0 Å². The highest BCUT2D eigenvalue weighted by Gasteiger charge is 2.11. The van der Waals surface area contributed by atoms with Crippen LogP contribution >= 0.6 is 0 Å². The van der Waals surface area contributed by atoms with Crippen molar-refractivity contribution in [3.63, 3.8) is 0 Å². The molecular formula is C18H16N2O. The molecule has 0 amide bonds. The van der Waals surface area contributed by atoms with Crippen molar-refractivity contribution in [2.75, 3.05) is 13.2 Å². The highest BCUT2D eigenvalue weighted by Crippen LogP contribution is 2.31. The van der Waals surface area contributed by atoms with Gasteiger partial charge in [-0.3, -0.25) is 4.98 Å². The maximum atomic E-state index is 5.75. The summed E-state index contributed by atoms with van der Waals surface area (Å²) in [6, 6.07) is 14.7. The van der Waals surface area contributed by atoms with E-state index < -0.39 is 0 Å². The van der Waals surface area contributed by atoms with Crippen LogP contribution in [0.3, 0.4) is 0 Å². The van der Waals surface area contributed by atoms with Gasteiger partial charge in [0, 0.05) is 42.0 Å². The molecule has 0 bridgehead atoms. The van der Waals surface area contributed by atoms with Crippen LogP contribution in [0.15, 0.2) is 54.9 Å². The van der Waals surface area contributed by atoms with Crippen LogP contribution in [-0.4, -0.2) is 18.1 Å². The molecule has 2 aromatic carbocycles. The number of nitrogens with zero attached hydrogens (tertiary/aromatic N) is 1. The van der Waals surface area contributed by atoms with Gasteiger partial charge in [0.05, 0.1) is 0 Å². The molecule has 2 heterocycles. The second-order valence-corrected chi connectivity index (χ2v) is 5.26. The molecule has 3 aromatic rings. The lowest BCUT2D eigenvalue weighted by atomic mass is 9.99. The largest absolute Gasteiger partial charge is 0.492 e. The Morgan fingerprint density at radius 3 is 3.00 bits per heavy atom. The molecule has 0 spiro atoms. The molecule has 1 aliphatic rings. The van der Waals surface area contributed by atoms with Gasteiger partial charge < -0.3 is 10.1 Å². The van der Waals surface area contributed by atoms with Gasteiger partial charge in [0.15, 0.2) is 0 Å². The topological polar surface area (TPSA) is 34.1 Å².